The summed E-state index contributed by atoms with van der Waals surface area (Å²) in [6, 6.07) is 13.5. The number of ether oxygens (including phenoxy) is 1. The van der Waals surface area contributed by atoms with E-state index in [1.807, 2.05) is 24.3 Å². The lowest BCUT2D eigenvalue weighted by molar-refractivity contribution is 0.0707. The van der Waals surface area contributed by atoms with E-state index in [9.17, 15) is 9.18 Å². The zero-order chi connectivity index (χ0) is 19.5. The Kier molecular flexibility index (Phi) is 4.92. The van der Waals surface area contributed by atoms with Crippen molar-refractivity contribution in [2.45, 2.75) is 0 Å². The Balaban J connectivity index is 1.39. The molecule has 1 aliphatic heterocycles. The minimum atomic E-state index is -0.353. The summed E-state index contributed by atoms with van der Waals surface area (Å²) >= 11 is 0. The molecular formula is C20H19FN4O3. The van der Waals surface area contributed by atoms with Crippen molar-refractivity contribution in [1.29, 1.82) is 0 Å². The van der Waals surface area contributed by atoms with Gasteiger partial charge >= 0.3 is 11.8 Å². The maximum absolute atomic E-state index is 13.0. The number of anilines is 1. The van der Waals surface area contributed by atoms with Crippen LogP contribution in [0.5, 0.6) is 5.75 Å². The number of halogens is 1. The largest absolute Gasteiger partial charge is 0.497 e. The molecule has 7 nitrogen and oxygen atoms in total. The summed E-state index contributed by atoms with van der Waals surface area (Å²) in [5.74, 6) is 0.299. The first-order valence-electron chi connectivity index (χ1n) is 8.92. The third-order valence-electron chi connectivity index (χ3n) is 4.70. The van der Waals surface area contributed by atoms with Crippen molar-refractivity contribution in [2.75, 3.05) is 38.2 Å². The number of rotatable bonds is 4. The van der Waals surface area contributed by atoms with Gasteiger partial charge in [-0.15, -0.1) is 10.2 Å². The number of nitrogens with zero attached hydrogens (tertiary/aromatic N) is 4. The molecule has 2 heterocycles. The van der Waals surface area contributed by atoms with Gasteiger partial charge in [-0.1, -0.05) is 0 Å². The quantitative estimate of drug-likeness (QED) is 0.691. The molecule has 3 aromatic rings. The summed E-state index contributed by atoms with van der Waals surface area (Å²) in [4.78, 5) is 16.6. The van der Waals surface area contributed by atoms with E-state index in [2.05, 4.69) is 15.1 Å². The maximum Gasteiger partial charge on any atom is 0.311 e. The van der Waals surface area contributed by atoms with Gasteiger partial charge in [0.25, 0.3) is 0 Å². The predicted octanol–water partition coefficient (Wildman–Crippen LogP) is 2.85. The van der Waals surface area contributed by atoms with E-state index >= 15 is 0 Å². The SMILES string of the molecule is COc1ccc(N2CCN(C(=O)c3nnc(-c4ccc(F)cc4)o3)CC2)cc1. The van der Waals surface area contributed by atoms with E-state index in [0.717, 1.165) is 11.4 Å². The van der Waals surface area contributed by atoms with Crippen molar-refractivity contribution in [2.24, 2.45) is 0 Å². The molecule has 1 aromatic heterocycles. The predicted molar refractivity (Wildman–Crippen MR) is 101 cm³/mol. The van der Waals surface area contributed by atoms with E-state index in [1.54, 1.807) is 12.0 Å². The maximum atomic E-state index is 13.0. The summed E-state index contributed by atoms with van der Waals surface area (Å²) in [6.45, 7) is 2.52. The number of piperazine rings is 1. The fourth-order valence-corrected chi connectivity index (χ4v) is 3.11. The molecular weight excluding hydrogens is 363 g/mol. The van der Waals surface area contributed by atoms with Gasteiger partial charge in [-0.2, -0.15) is 0 Å². The first-order valence-corrected chi connectivity index (χ1v) is 8.92. The monoisotopic (exact) mass is 382 g/mol. The van der Waals surface area contributed by atoms with Crippen LogP contribution < -0.4 is 9.64 Å². The number of benzene rings is 2. The van der Waals surface area contributed by atoms with E-state index < -0.39 is 0 Å². The Hall–Kier alpha value is -3.42. The minimum absolute atomic E-state index is 0.0581. The molecule has 1 amide bonds. The summed E-state index contributed by atoms with van der Waals surface area (Å²) < 4.78 is 23.7. The smallest absolute Gasteiger partial charge is 0.311 e. The topological polar surface area (TPSA) is 71.7 Å². The molecule has 2 aromatic carbocycles. The zero-order valence-electron chi connectivity index (χ0n) is 15.3. The minimum Gasteiger partial charge on any atom is -0.497 e. The number of hydrogen-bond acceptors (Lipinski definition) is 6. The molecule has 0 atom stereocenters. The van der Waals surface area contributed by atoms with Crippen molar-refractivity contribution in [3.8, 4) is 17.2 Å². The number of carbonyl (C=O) groups is 1. The van der Waals surface area contributed by atoms with Crippen LogP contribution in [0.4, 0.5) is 10.1 Å². The molecule has 0 saturated carbocycles. The van der Waals surface area contributed by atoms with Gasteiger partial charge in [-0.25, -0.2) is 4.39 Å². The molecule has 0 spiro atoms. The molecule has 1 fully saturated rings. The van der Waals surface area contributed by atoms with Crippen LogP contribution in [0.25, 0.3) is 11.5 Å². The van der Waals surface area contributed by atoms with Gasteiger partial charge in [-0.3, -0.25) is 4.79 Å². The van der Waals surface area contributed by atoms with Gasteiger partial charge in [0.05, 0.1) is 7.11 Å². The standard InChI is InChI=1S/C20H19FN4O3/c1-27-17-8-6-16(7-9-17)24-10-12-25(13-11-24)20(26)19-23-22-18(28-19)14-2-4-15(21)5-3-14/h2-9H,10-13H2,1H3. The first kappa shape index (κ1) is 18.0. The zero-order valence-corrected chi connectivity index (χ0v) is 15.3. The molecule has 0 bridgehead atoms. The Morgan fingerprint density at radius 1 is 1.00 bits per heavy atom. The highest BCUT2D eigenvalue weighted by atomic mass is 19.1. The third kappa shape index (κ3) is 3.66. The molecule has 1 aliphatic rings. The second-order valence-electron chi connectivity index (χ2n) is 6.40. The lowest BCUT2D eigenvalue weighted by Gasteiger charge is -2.35. The van der Waals surface area contributed by atoms with Crippen LogP contribution in [-0.4, -0.2) is 54.3 Å². The van der Waals surface area contributed by atoms with Crippen LogP contribution in [0.2, 0.25) is 0 Å². The van der Waals surface area contributed by atoms with Crippen molar-refractivity contribution >= 4 is 11.6 Å². The van der Waals surface area contributed by atoms with Crippen LogP contribution in [0.3, 0.4) is 0 Å². The van der Waals surface area contributed by atoms with E-state index in [0.29, 0.717) is 31.7 Å². The second kappa shape index (κ2) is 7.67. The van der Waals surface area contributed by atoms with Gasteiger partial charge < -0.3 is 19.0 Å². The Bertz CT molecular complexity index is 948. The molecule has 144 valence electrons. The Morgan fingerprint density at radius 3 is 2.32 bits per heavy atom. The average molecular weight is 382 g/mol. The number of amides is 1. The fraction of sp³-hybridized carbons (Fsp3) is 0.250. The Labute approximate surface area is 161 Å². The lowest BCUT2D eigenvalue weighted by Crippen LogP contribution is -2.48. The van der Waals surface area contributed by atoms with Crippen molar-refractivity contribution in [3.63, 3.8) is 0 Å². The van der Waals surface area contributed by atoms with Gasteiger partial charge in [0.2, 0.25) is 5.89 Å². The first-order chi connectivity index (χ1) is 13.6. The van der Waals surface area contributed by atoms with Crippen LogP contribution in [0.1, 0.15) is 10.7 Å². The number of aromatic nitrogens is 2. The second-order valence-corrected chi connectivity index (χ2v) is 6.40. The highest BCUT2D eigenvalue weighted by Crippen LogP contribution is 2.22. The molecule has 8 heteroatoms. The van der Waals surface area contributed by atoms with E-state index in [4.69, 9.17) is 9.15 Å². The number of hydrogen-bond donors (Lipinski definition) is 0. The third-order valence-corrected chi connectivity index (χ3v) is 4.70. The van der Waals surface area contributed by atoms with E-state index in [1.165, 1.54) is 24.3 Å². The van der Waals surface area contributed by atoms with Crippen LogP contribution >= 0.6 is 0 Å². The lowest BCUT2D eigenvalue weighted by atomic mass is 10.2. The van der Waals surface area contributed by atoms with Crippen LogP contribution in [0, 0.1) is 5.82 Å². The van der Waals surface area contributed by atoms with Gasteiger partial charge in [-0.05, 0) is 48.5 Å². The van der Waals surface area contributed by atoms with E-state index in [-0.39, 0.29) is 23.5 Å². The van der Waals surface area contributed by atoms with Gasteiger partial charge in [0.1, 0.15) is 11.6 Å². The molecule has 1 saturated heterocycles. The summed E-state index contributed by atoms with van der Waals surface area (Å²) in [6.07, 6.45) is 0. The highest BCUT2D eigenvalue weighted by Gasteiger charge is 2.26. The average Bonchev–Trinajstić information content (AvgIpc) is 3.24. The van der Waals surface area contributed by atoms with Gasteiger partial charge in [0, 0.05) is 37.4 Å². The highest BCUT2D eigenvalue weighted by molar-refractivity contribution is 5.90. The molecule has 28 heavy (non-hydrogen) atoms. The molecule has 0 aliphatic carbocycles. The summed E-state index contributed by atoms with van der Waals surface area (Å²) in [7, 11) is 1.64. The normalized spacial score (nSPS) is 14.2. The summed E-state index contributed by atoms with van der Waals surface area (Å²) in [5, 5.41) is 7.76. The molecule has 0 N–H and O–H groups in total. The number of methoxy groups -OCH3 is 1. The number of carbonyl (C=O) groups excluding carboxylic acids is 1. The van der Waals surface area contributed by atoms with Gasteiger partial charge in [0.15, 0.2) is 0 Å². The van der Waals surface area contributed by atoms with Crippen molar-refractivity contribution in [3.05, 3.63) is 60.2 Å². The summed E-state index contributed by atoms with van der Waals surface area (Å²) in [5.41, 5.74) is 1.65. The molecule has 4 rings (SSSR count). The van der Waals surface area contributed by atoms with Crippen molar-refractivity contribution < 1.29 is 18.3 Å². The Morgan fingerprint density at radius 2 is 1.68 bits per heavy atom. The van der Waals surface area contributed by atoms with Crippen LogP contribution in [-0.2, 0) is 0 Å². The molecule has 0 radical (unpaired) electrons. The fourth-order valence-electron chi connectivity index (χ4n) is 3.11. The van der Waals surface area contributed by atoms with Crippen molar-refractivity contribution in [1.82, 2.24) is 15.1 Å². The molecule has 0 unspecified atom stereocenters. The van der Waals surface area contributed by atoms with Crippen LogP contribution in [0.15, 0.2) is 52.9 Å².